The highest BCUT2D eigenvalue weighted by molar-refractivity contribution is 5.98. The Kier molecular flexibility index (Phi) is 33.0. The quantitative estimate of drug-likeness (QED) is 0.0147. The number of carbonyl (C=O) groups excluding carboxylic acids is 9. The zero-order valence-electron chi connectivity index (χ0n) is 53.4. The number of nitrogens with one attached hydrogen (secondary N) is 7. The zero-order valence-corrected chi connectivity index (χ0v) is 53.4. The summed E-state index contributed by atoms with van der Waals surface area (Å²) in [5, 5.41) is 56.8. The molecular weight excluding hydrogens is 1250 g/mol. The number of β-amino-alcohol motifs (C(OH)–C–C–N with tert-alkyl or cyclic N) is 1. The Labute approximate surface area is 554 Å². The molecule has 34 nitrogen and oxygen atoms in total. The lowest BCUT2D eigenvalue weighted by atomic mass is 10.0. The predicted octanol–water partition coefficient (Wildman–Crippen LogP) is -5.65. The van der Waals surface area contributed by atoms with Crippen molar-refractivity contribution in [1.82, 2.24) is 47.0 Å². The van der Waals surface area contributed by atoms with Crippen LogP contribution in [0, 0.1) is 0 Å². The lowest BCUT2D eigenvalue weighted by molar-refractivity contribution is -0.148. The summed E-state index contributed by atoms with van der Waals surface area (Å²) in [5.41, 5.74) is 40.4. The van der Waals surface area contributed by atoms with Gasteiger partial charge < -0.3 is 108 Å². The van der Waals surface area contributed by atoms with E-state index in [1.54, 1.807) is 91.0 Å². The average molecular weight is 1340 g/mol. The zero-order chi connectivity index (χ0) is 70.9. The number of aliphatic imine (C=N–C) groups is 3. The number of carboxylic acids is 2. The van der Waals surface area contributed by atoms with Gasteiger partial charge in [-0.3, -0.25) is 62.9 Å². The smallest absolute Gasteiger partial charge is 0.326 e. The largest absolute Gasteiger partial charge is 0.481 e. The lowest BCUT2D eigenvalue weighted by Gasteiger charge is -2.33. The maximum atomic E-state index is 14.4. The lowest BCUT2D eigenvalue weighted by Crippen LogP contribution is -2.60. The highest BCUT2D eigenvalue weighted by Gasteiger charge is 2.46. The molecular formula is C62H91N19O15. The van der Waals surface area contributed by atoms with E-state index in [9.17, 15) is 63.3 Å². The molecule has 2 heterocycles. The fourth-order valence-corrected chi connectivity index (χ4v) is 10.4. The first-order chi connectivity index (χ1) is 45.7. The standard InChI is InChI=1S/C60H87N19O13.C2H4O2/c61-39(20-10-24-68-58(62)63)49(83)73-40(21-11-25-69-59(64)65)55(89)78-27-13-23-46(78)56(90)79-33-38(81)31-47(79)54(88)71-32-48(82)72-42(28-35-14-4-1-5-15-35)50(84)77-45(34-80)53(87)76-44(30-37-18-8-3-9-19-37)52(86)75-43(29-36-16-6-2-7-17-36)51(85)74-41(57(91)92)22-12-26-70-60(66)67;1-2(3)4/h1-9,14-19,38-47,80-81H,10-13,20-34,61H2,(H,71,88)(H,72,82)(H,73,83)(H,74,85)(H,75,86)(H,76,87)(H,77,84)(H,91,92)(H4,62,63,68)(H4,64,65,69)(H4,66,67,70);1H3,(H,3,4)/t38-,39-,40+,41+,42+,43+,44-,45+,46+,47+;/m1./s1. The second-order valence-corrected chi connectivity index (χ2v) is 22.8. The Morgan fingerprint density at radius 2 is 0.927 bits per heavy atom. The molecule has 0 unspecified atom stereocenters. The molecule has 25 N–H and O–H groups in total. The molecule has 0 bridgehead atoms. The molecule has 0 aliphatic carbocycles. The molecule has 3 aromatic carbocycles. The van der Waals surface area contributed by atoms with Crippen molar-refractivity contribution in [2.75, 3.05) is 45.9 Å². The first-order valence-electron chi connectivity index (χ1n) is 31.1. The van der Waals surface area contributed by atoms with Crippen LogP contribution in [-0.2, 0) is 72.0 Å². The molecule has 9 amide bonds. The summed E-state index contributed by atoms with van der Waals surface area (Å²) in [7, 11) is 0. The average Bonchev–Trinajstić information content (AvgIpc) is 1.64. The van der Waals surface area contributed by atoms with Gasteiger partial charge in [-0.25, -0.2) is 4.79 Å². The van der Waals surface area contributed by atoms with Crippen LogP contribution in [0.3, 0.4) is 0 Å². The molecule has 0 saturated carbocycles. The van der Waals surface area contributed by atoms with Crippen molar-refractivity contribution >= 4 is 83.0 Å². The number of amides is 9. The summed E-state index contributed by atoms with van der Waals surface area (Å²) in [6.45, 7) is -0.438. The van der Waals surface area contributed by atoms with E-state index in [0.29, 0.717) is 29.5 Å². The SMILES string of the molecule is CC(=O)O.NC(N)=NCCC[C@@H](N)C(=O)N[C@@H](CCCN=C(N)N)C(=O)N1CCC[C@H]1C(=O)N1C[C@H](O)C[C@H]1C(=O)NCC(=O)N[C@@H](Cc1ccccc1)C(=O)N[C@@H](CO)C(=O)N[C@H](Cc1ccccc1)C(=O)N[C@@H](Cc1ccccc1)C(=O)N[C@@H](CCCN=C(N)N)C(=O)O. The van der Waals surface area contributed by atoms with Crippen molar-refractivity contribution in [2.24, 2.45) is 55.1 Å². The Balaban J connectivity index is 0.00000476. The van der Waals surface area contributed by atoms with E-state index in [-0.39, 0.29) is 115 Å². The molecule has 2 aliphatic rings. The Morgan fingerprint density at radius 3 is 1.36 bits per heavy atom. The van der Waals surface area contributed by atoms with Crippen molar-refractivity contribution in [3.8, 4) is 0 Å². The maximum Gasteiger partial charge on any atom is 0.326 e. The predicted molar refractivity (Wildman–Crippen MR) is 352 cm³/mol. The van der Waals surface area contributed by atoms with E-state index in [4.69, 9.17) is 50.0 Å². The van der Waals surface area contributed by atoms with Crippen molar-refractivity contribution in [2.45, 2.75) is 144 Å². The minimum atomic E-state index is -1.75. The molecule has 5 rings (SSSR count). The number of rotatable bonds is 36. The molecule has 524 valence electrons. The first kappa shape index (κ1) is 78.0. The summed E-state index contributed by atoms with van der Waals surface area (Å²) < 4.78 is 0. The van der Waals surface area contributed by atoms with Gasteiger partial charge in [-0.2, -0.15) is 0 Å². The summed E-state index contributed by atoms with van der Waals surface area (Å²) in [6.07, 6.45) is -0.323. The van der Waals surface area contributed by atoms with E-state index in [0.717, 1.165) is 11.8 Å². The van der Waals surface area contributed by atoms with Crippen molar-refractivity contribution in [3.05, 3.63) is 108 Å². The molecule has 0 aromatic heterocycles. The van der Waals surface area contributed by atoms with E-state index in [2.05, 4.69) is 52.2 Å². The van der Waals surface area contributed by atoms with Crippen LogP contribution in [-0.4, -0.2) is 220 Å². The summed E-state index contributed by atoms with van der Waals surface area (Å²) in [5.74, 6) is -10.1. The van der Waals surface area contributed by atoms with Gasteiger partial charge in [-0.15, -0.1) is 0 Å². The van der Waals surface area contributed by atoms with E-state index >= 15 is 0 Å². The van der Waals surface area contributed by atoms with Gasteiger partial charge in [0.25, 0.3) is 5.97 Å². The number of guanidine groups is 3. The number of hydrogen-bond donors (Lipinski definition) is 18. The van der Waals surface area contributed by atoms with Crippen molar-refractivity contribution < 1.29 is 73.2 Å². The van der Waals surface area contributed by atoms with Crippen molar-refractivity contribution in [1.29, 1.82) is 0 Å². The third-order valence-corrected chi connectivity index (χ3v) is 15.1. The Bertz CT molecular complexity index is 3170. The van der Waals surface area contributed by atoms with Gasteiger partial charge in [0.2, 0.25) is 53.2 Å². The number of benzene rings is 3. The maximum absolute atomic E-state index is 14.4. The van der Waals surface area contributed by atoms with Crippen LogP contribution in [0.4, 0.5) is 0 Å². The summed E-state index contributed by atoms with van der Waals surface area (Å²) >= 11 is 0. The van der Waals surface area contributed by atoms with Gasteiger partial charge >= 0.3 is 5.97 Å². The van der Waals surface area contributed by atoms with Crippen molar-refractivity contribution in [3.63, 3.8) is 0 Å². The summed E-state index contributed by atoms with van der Waals surface area (Å²) in [6, 6.07) is 13.3. The van der Waals surface area contributed by atoms with Gasteiger partial charge in [0.05, 0.1) is 25.3 Å². The minimum Gasteiger partial charge on any atom is -0.481 e. The van der Waals surface area contributed by atoms with E-state index < -0.39 is 139 Å². The van der Waals surface area contributed by atoms with Crippen LogP contribution in [0.1, 0.15) is 81.4 Å². The number of aliphatic carboxylic acids is 2. The highest BCUT2D eigenvalue weighted by atomic mass is 16.4. The van der Waals surface area contributed by atoms with Crippen LogP contribution < -0.4 is 77.4 Å². The van der Waals surface area contributed by atoms with Crippen LogP contribution in [0.25, 0.3) is 0 Å². The monoisotopic (exact) mass is 1340 g/mol. The van der Waals surface area contributed by atoms with Gasteiger partial charge in [0, 0.05) is 65.3 Å². The number of hydrogen-bond acceptors (Lipinski definition) is 17. The fraction of sp³-hybridized carbons (Fsp3) is 0.484. The topological polar surface area (TPSA) is 579 Å². The van der Waals surface area contributed by atoms with Crippen LogP contribution in [0.5, 0.6) is 0 Å². The van der Waals surface area contributed by atoms with Crippen LogP contribution in [0.15, 0.2) is 106 Å². The number of nitrogens with zero attached hydrogens (tertiary/aromatic N) is 5. The van der Waals surface area contributed by atoms with E-state index in [1.807, 2.05) is 0 Å². The third-order valence-electron chi connectivity index (χ3n) is 15.1. The normalized spacial score (nSPS) is 16.9. The molecule has 0 spiro atoms. The highest BCUT2D eigenvalue weighted by Crippen LogP contribution is 2.27. The number of aliphatic hydroxyl groups excluding tert-OH is 2. The number of nitrogens with two attached hydrogens (primary N) is 7. The Hall–Kier alpha value is -10.5. The molecule has 2 aliphatic heterocycles. The molecule has 2 saturated heterocycles. The number of carbonyl (C=O) groups is 11. The number of carboxylic acid groups (broad SMARTS) is 2. The van der Waals surface area contributed by atoms with Gasteiger partial charge in [-0.05, 0) is 68.1 Å². The van der Waals surface area contributed by atoms with E-state index in [1.165, 1.54) is 4.90 Å². The van der Waals surface area contributed by atoms with Gasteiger partial charge in [0.15, 0.2) is 17.9 Å². The first-order valence-corrected chi connectivity index (χ1v) is 31.1. The molecule has 2 fully saturated rings. The number of likely N-dealkylation sites (tertiary alicyclic amines) is 2. The van der Waals surface area contributed by atoms with Gasteiger partial charge in [-0.1, -0.05) is 91.0 Å². The molecule has 10 atom stereocenters. The second kappa shape index (κ2) is 40.6. The molecule has 3 aromatic rings. The molecule has 96 heavy (non-hydrogen) atoms. The Morgan fingerprint density at radius 1 is 0.531 bits per heavy atom. The minimum absolute atomic E-state index is 0.0596. The second-order valence-electron chi connectivity index (χ2n) is 22.8. The summed E-state index contributed by atoms with van der Waals surface area (Å²) in [4.78, 5) is 162. The van der Waals surface area contributed by atoms with Crippen LogP contribution in [0.2, 0.25) is 0 Å². The fourth-order valence-electron chi connectivity index (χ4n) is 10.4. The molecule has 34 heteroatoms. The van der Waals surface area contributed by atoms with Crippen LogP contribution >= 0.6 is 0 Å². The molecule has 0 radical (unpaired) electrons. The van der Waals surface area contributed by atoms with Gasteiger partial charge in [0.1, 0.15) is 48.3 Å². The third kappa shape index (κ3) is 27.6. The number of aliphatic hydroxyl groups is 2.